The summed E-state index contributed by atoms with van der Waals surface area (Å²) in [4.78, 5) is 99.9. The summed E-state index contributed by atoms with van der Waals surface area (Å²) in [6.07, 6.45) is -5.82. The number of carbonyl (C=O) groups excluding carboxylic acids is 8. The Hall–Kier alpha value is -4.08. The van der Waals surface area contributed by atoms with Crippen LogP contribution in [0.3, 0.4) is 0 Å². The number of hydrogen-bond donors (Lipinski definition) is 2. The highest BCUT2D eigenvalue weighted by Gasteiger charge is 2.52. The van der Waals surface area contributed by atoms with Gasteiger partial charge in [-0.25, -0.2) is 4.79 Å². The first-order valence-corrected chi connectivity index (χ1v) is 12.0. The maximum Gasteiger partial charge on any atom is 0.333 e. The van der Waals surface area contributed by atoms with Crippen LogP contribution in [0.1, 0.15) is 53.4 Å². The second-order valence-electron chi connectivity index (χ2n) is 8.71. The molecule has 39 heavy (non-hydrogen) atoms. The second kappa shape index (κ2) is 14.2. The minimum absolute atomic E-state index is 0.0403. The van der Waals surface area contributed by atoms with Gasteiger partial charge in [0.25, 0.3) is 17.7 Å². The van der Waals surface area contributed by atoms with Crippen LogP contribution in [0.25, 0.3) is 0 Å². The molecule has 0 aromatic heterocycles. The van der Waals surface area contributed by atoms with E-state index in [2.05, 4.69) is 10.6 Å². The van der Waals surface area contributed by atoms with E-state index in [-0.39, 0.29) is 32.2 Å². The van der Waals surface area contributed by atoms with Crippen LogP contribution in [0, 0.1) is 0 Å². The fraction of sp³-hybridized carbons (Fsp3) is 0.652. The van der Waals surface area contributed by atoms with Gasteiger partial charge in [0.05, 0.1) is 0 Å². The summed E-state index contributed by atoms with van der Waals surface area (Å²) in [6.45, 7) is 3.86. The molecule has 0 aliphatic carbocycles. The summed E-state index contributed by atoms with van der Waals surface area (Å²) >= 11 is 0. The van der Waals surface area contributed by atoms with E-state index in [0.717, 1.165) is 27.7 Å². The van der Waals surface area contributed by atoms with Gasteiger partial charge in [-0.15, -0.1) is 5.06 Å². The maximum atomic E-state index is 13.1. The van der Waals surface area contributed by atoms with Crippen LogP contribution >= 0.6 is 0 Å². The Morgan fingerprint density at radius 3 is 2.03 bits per heavy atom. The smallest absolute Gasteiger partial charge is 0.333 e. The predicted molar refractivity (Wildman–Crippen MR) is 123 cm³/mol. The number of nitrogens with zero attached hydrogens (tertiary/aromatic N) is 1. The molecule has 2 N–H and O–H groups in total. The van der Waals surface area contributed by atoms with Crippen molar-refractivity contribution in [3.05, 3.63) is 0 Å². The Bertz CT molecular complexity index is 997. The first-order chi connectivity index (χ1) is 18.3. The highest BCUT2D eigenvalue weighted by Crippen LogP contribution is 2.27. The summed E-state index contributed by atoms with van der Waals surface area (Å²) < 4.78 is 21.3. The van der Waals surface area contributed by atoms with Gasteiger partial charge in [-0.3, -0.25) is 33.6 Å². The van der Waals surface area contributed by atoms with Gasteiger partial charge in [0.15, 0.2) is 18.3 Å². The van der Waals surface area contributed by atoms with E-state index in [0.29, 0.717) is 5.06 Å². The van der Waals surface area contributed by atoms with Crippen molar-refractivity contribution in [2.45, 2.75) is 83.8 Å². The SMILES string of the molecule is CC(=O)NC1C(C(=O)NCCCC(=O)ON2C(=O)CCC2=O)OC(COC(C)=O)C(OC(C)=O)C1OC(C)=O. The van der Waals surface area contributed by atoms with E-state index >= 15 is 0 Å². The standard InChI is InChI=1S/C23H31N3O13/c1-11(27)25-19-21(37-14(4)30)20(36-13(3)29)15(10-35-12(2)28)38-22(19)23(34)24-9-5-6-18(33)39-26-16(31)7-8-17(26)32/h15,19-22H,5-10H2,1-4H3,(H,24,34)(H,25,27). The molecule has 2 saturated heterocycles. The molecular weight excluding hydrogens is 526 g/mol. The molecule has 0 aromatic rings. The number of amides is 4. The van der Waals surface area contributed by atoms with Gasteiger partial charge in [0.2, 0.25) is 5.91 Å². The van der Waals surface area contributed by atoms with E-state index in [1.807, 2.05) is 0 Å². The van der Waals surface area contributed by atoms with E-state index in [1.165, 1.54) is 0 Å². The van der Waals surface area contributed by atoms with E-state index < -0.39 is 84.6 Å². The van der Waals surface area contributed by atoms with Crippen LogP contribution in [0.4, 0.5) is 0 Å². The van der Waals surface area contributed by atoms with Crippen LogP contribution in [0.15, 0.2) is 0 Å². The van der Waals surface area contributed by atoms with Gasteiger partial charge in [-0.1, -0.05) is 0 Å². The van der Waals surface area contributed by atoms with Crippen LogP contribution in [0.5, 0.6) is 0 Å². The Morgan fingerprint density at radius 2 is 1.49 bits per heavy atom. The van der Waals surface area contributed by atoms with Gasteiger partial charge in [-0.05, 0) is 6.42 Å². The molecule has 0 saturated carbocycles. The number of rotatable bonds is 11. The second-order valence-corrected chi connectivity index (χ2v) is 8.71. The zero-order valence-electron chi connectivity index (χ0n) is 21.9. The molecule has 0 aromatic carbocycles. The monoisotopic (exact) mass is 557 g/mol. The zero-order chi connectivity index (χ0) is 29.3. The number of nitrogens with one attached hydrogen (secondary N) is 2. The molecule has 5 unspecified atom stereocenters. The molecule has 0 radical (unpaired) electrons. The van der Waals surface area contributed by atoms with Crippen molar-refractivity contribution in [2.24, 2.45) is 0 Å². The Balaban J connectivity index is 2.13. The summed E-state index contributed by atoms with van der Waals surface area (Å²) in [5.74, 6) is -5.83. The highest BCUT2D eigenvalue weighted by molar-refractivity contribution is 6.01. The average Bonchev–Trinajstić information content (AvgIpc) is 3.14. The largest absolute Gasteiger partial charge is 0.463 e. The number of hydroxylamine groups is 2. The maximum absolute atomic E-state index is 13.1. The third-order valence-corrected chi connectivity index (χ3v) is 5.43. The Labute approximate surface area is 222 Å². The molecule has 16 heteroatoms. The molecule has 5 atom stereocenters. The van der Waals surface area contributed by atoms with Crippen LogP contribution in [-0.2, 0) is 62.1 Å². The van der Waals surface area contributed by atoms with Gasteiger partial charge in [0.1, 0.15) is 18.8 Å². The minimum atomic E-state index is -1.50. The fourth-order valence-electron chi connectivity index (χ4n) is 3.91. The first kappa shape index (κ1) is 31.1. The lowest BCUT2D eigenvalue weighted by Gasteiger charge is -2.44. The van der Waals surface area contributed by atoms with Crippen molar-refractivity contribution in [3.63, 3.8) is 0 Å². The Kier molecular flexibility index (Phi) is 11.3. The number of hydrogen-bond acceptors (Lipinski definition) is 13. The fourth-order valence-corrected chi connectivity index (χ4v) is 3.91. The summed E-state index contributed by atoms with van der Waals surface area (Å²) in [5.41, 5.74) is 0. The summed E-state index contributed by atoms with van der Waals surface area (Å²) in [6, 6.07) is -1.32. The molecular formula is C23H31N3O13. The van der Waals surface area contributed by atoms with Crippen LogP contribution in [-0.4, -0.2) is 96.2 Å². The lowest BCUT2D eigenvalue weighted by atomic mass is 9.91. The number of ether oxygens (including phenoxy) is 4. The van der Waals surface area contributed by atoms with Gasteiger partial charge >= 0.3 is 23.9 Å². The van der Waals surface area contributed by atoms with Crippen molar-refractivity contribution in [1.29, 1.82) is 0 Å². The normalized spacial score (nSPS) is 24.4. The Morgan fingerprint density at radius 1 is 0.897 bits per heavy atom. The lowest BCUT2D eigenvalue weighted by Crippen LogP contribution is -2.68. The first-order valence-electron chi connectivity index (χ1n) is 12.0. The van der Waals surface area contributed by atoms with Crippen LogP contribution in [0.2, 0.25) is 0 Å². The molecule has 2 rings (SSSR count). The molecule has 0 bridgehead atoms. The van der Waals surface area contributed by atoms with Gasteiger partial charge in [-0.2, -0.15) is 0 Å². The van der Waals surface area contributed by atoms with Crippen LogP contribution < -0.4 is 10.6 Å². The topological polar surface area (TPSA) is 210 Å². The van der Waals surface area contributed by atoms with Crippen molar-refractivity contribution < 1.29 is 62.1 Å². The quantitative estimate of drug-likeness (QED) is 0.124. The third kappa shape index (κ3) is 9.31. The van der Waals surface area contributed by atoms with E-state index in [9.17, 15) is 38.4 Å². The summed E-state index contributed by atoms with van der Waals surface area (Å²) in [7, 11) is 0. The number of esters is 3. The van der Waals surface area contributed by atoms with Crippen molar-refractivity contribution in [1.82, 2.24) is 15.7 Å². The molecule has 2 aliphatic heterocycles. The minimum Gasteiger partial charge on any atom is -0.463 e. The lowest BCUT2D eigenvalue weighted by molar-refractivity contribution is -0.222. The predicted octanol–water partition coefficient (Wildman–Crippen LogP) is -1.81. The molecule has 0 spiro atoms. The number of imide groups is 1. The molecule has 216 valence electrons. The molecule has 2 fully saturated rings. The average molecular weight is 558 g/mol. The molecule has 2 aliphatic rings. The van der Waals surface area contributed by atoms with Crippen molar-refractivity contribution in [3.8, 4) is 0 Å². The molecule has 16 nitrogen and oxygen atoms in total. The van der Waals surface area contributed by atoms with Gasteiger partial charge in [0, 0.05) is 53.5 Å². The highest BCUT2D eigenvalue weighted by atomic mass is 16.7. The van der Waals surface area contributed by atoms with Crippen molar-refractivity contribution in [2.75, 3.05) is 13.2 Å². The van der Waals surface area contributed by atoms with E-state index in [1.54, 1.807) is 0 Å². The van der Waals surface area contributed by atoms with E-state index in [4.69, 9.17) is 23.8 Å². The zero-order valence-corrected chi connectivity index (χ0v) is 21.9. The summed E-state index contributed by atoms with van der Waals surface area (Å²) in [5, 5.41) is 5.39. The molecule has 2 heterocycles. The van der Waals surface area contributed by atoms with Crippen molar-refractivity contribution >= 4 is 47.5 Å². The number of carbonyl (C=O) groups is 8. The third-order valence-electron chi connectivity index (χ3n) is 5.43. The molecule has 4 amide bonds. The van der Waals surface area contributed by atoms with Gasteiger partial charge < -0.3 is 34.4 Å².